The molecule has 0 spiro atoms. The Balaban J connectivity index is 2.12. The van der Waals surface area contributed by atoms with Gasteiger partial charge in [-0.2, -0.15) is 5.26 Å². The van der Waals surface area contributed by atoms with E-state index in [4.69, 9.17) is 0 Å². The van der Waals surface area contributed by atoms with Gasteiger partial charge in [0.25, 0.3) is 0 Å². The number of hydrogen-bond acceptors (Lipinski definition) is 1. The van der Waals surface area contributed by atoms with Crippen LogP contribution in [0.3, 0.4) is 0 Å². The van der Waals surface area contributed by atoms with Gasteiger partial charge in [0.05, 0.1) is 11.5 Å². The lowest BCUT2D eigenvalue weighted by Gasteiger charge is -2.41. The van der Waals surface area contributed by atoms with E-state index in [9.17, 15) is 9.65 Å². The molecule has 1 aromatic carbocycles. The van der Waals surface area contributed by atoms with Gasteiger partial charge in [0.15, 0.2) is 0 Å². The monoisotopic (exact) mass is 287 g/mol. The highest BCUT2D eigenvalue weighted by molar-refractivity contribution is 5.29. The zero-order valence-corrected chi connectivity index (χ0v) is 13.7. The second kappa shape index (κ2) is 5.79. The van der Waals surface area contributed by atoms with Gasteiger partial charge in [-0.05, 0) is 73.6 Å². The average Bonchev–Trinajstić information content (AvgIpc) is 2.41. The van der Waals surface area contributed by atoms with Crippen LogP contribution in [0.5, 0.6) is 0 Å². The smallest absolute Gasteiger partial charge is 0.123 e. The molecule has 1 aliphatic carbocycles. The first-order valence-electron chi connectivity index (χ1n) is 7.92. The highest BCUT2D eigenvalue weighted by Crippen LogP contribution is 2.46. The number of halogens is 1. The van der Waals surface area contributed by atoms with Gasteiger partial charge in [-0.1, -0.05) is 26.8 Å². The largest absolute Gasteiger partial charge is 0.207 e. The summed E-state index contributed by atoms with van der Waals surface area (Å²) < 4.78 is 13.2. The standard InChI is InChI=1S/C19H26FN/c1-14-11-17(20)6-5-15(14)12-19(13-21)9-7-16(8-10-19)18(2,3)4/h5-6,11,16H,7-10,12H2,1-4H3. The quantitative estimate of drug-likeness (QED) is 0.712. The van der Waals surface area contributed by atoms with Gasteiger partial charge in [-0.3, -0.25) is 0 Å². The predicted molar refractivity (Wildman–Crippen MR) is 84.3 cm³/mol. The van der Waals surface area contributed by atoms with Crippen LogP contribution in [0.1, 0.15) is 57.6 Å². The van der Waals surface area contributed by atoms with E-state index < -0.39 is 0 Å². The molecule has 2 rings (SSSR count). The van der Waals surface area contributed by atoms with Crippen molar-refractivity contribution in [2.45, 2.75) is 59.8 Å². The van der Waals surface area contributed by atoms with E-state index in [1.165, 1.54) is 6.07 Å². The molecule has 0 bridgehead atoms. The van der Waals surface area contributed by atoms with Gasteiger partial charge in [0, 0.05) is 0 Å². The van der Waals surface area contributed by atoms with Crippen molar-refractivity contribution in [3.63, 3.8) is 0 Å². The molecule has 114 valence electrons. The van der Waals surface area contributed by atoms with Crippen molar-refractivity contribution >= 4 is 0 Å². The average molecular weight is 287 g/mol. The van der Waals surface area contributed by atoms with E-state index >= 15 is 0 Å². The number of aryl methyl sites for hydroxylation is 1. The van der Waals surface area contributed by atoms with Crippen molar-refractivity contribution in [3.05, 3.63) is 35.1 Å². The number of rotatable bonds is 2. The second-order valence-electron chi connectivity index (χ2n) is 7.78. The first-order chi connectivity index (χ1) is 9.76. The fraction of sp³-hybridized carbons (Fsp3) is 0.632. The number of benzene rings is 1. The molecule has 0 radical (unpaired) electrons. The van der Waals surface area contributed by atoms with Crippen molar-refractivity contribution in [1.82, 2.24) is 0 Å². The summed E-state index contributed by atoms with van der Waals surface area (Å²) in [6, 6.07) is 7.51. The molecule has 0 unspecified atom stereocenters. The summed E-state index contributed by atoms with van der Waals surface area (Å²) in [5.74, 6) is 0.506. The highest BCUT2D eigenvalue weighted by Gasteiger charge is 2.39. The minimum atomic E-state index is -0.260. The van der Waals surface area contributed by atoms with Gasteiger partial charge in [-0.15, -0.1) is 0 Å². The summed E-state index contributed by atoms with van der Waals surface area (Å²) in [7, 11) is 0. The third-order valence-corrected chi connectivity index (χ3v) is 5.24. The molecule has 0 aliphatic heterocycles. The van der Waals surface area contributed by atoms with Gasteiger partial charge in [0.1, 0.15) is 5.82 Å². The number of hydrogen-bond donors (Lipinski definition) is 0. The van der Waals surface area contributed by atoms with Crippen molar-refractivity contribution in [2.75, 3.05) is 0 Å². The second-order valence-corrected chi connectivity index (χ2v) is 7.78. The summed E-state index contributed by atoms with van der Waals surface area (Å²) in [5.41, 5.74) is 2.15. The highest BCUT2D eigenvalue weighted by atomic mass is 19.1. The lowest BCUT2D eigenvalue weighted by Crippen LogP contribution is -2.33. The molecular weight excluding hydrogens is 261 g/mol. The molecule has 0 heterocycles. The minimum Gasteiger partial charge on any atom is -0.207 e. The van der Waals surface area contributed by atoms with Crippen LogP contribution < -0.4 is 0 Å². The Kier molecular flexibility index (Phi) is 4.42. The summed E-state index contributed by atoms with van der Waals surface area (Å²) in [4.78, 5) is 0. The Morgan fingerprint density at radius 2 is 1.90 bits per heavy atom. The number of nitrogens with zero attached hydrogens (tertiary/aromatic N) is 1. The van der Waals surface area contributed by atoms with Gasteiger partial charge < -0.3 is 0 Å². The van der Waals surface area contributed by atoms with Crippen molar-refractivity contribution in [2.24, 2.45) is 16.7 Å². The molecule has 1 fully saturated rings. The molecule has 1 aliphatic rings. The van der Waals surface area contributed by atoms with Gasteiger partial charge >= 0.3 is 0 Å². The SMILES string of the molecule is Cc1cc(F)ccc1CC1(C#N)CCC(C(C)(C)C)CC1. The molecule has 0 atom stereocenters. The first kappa shape index (κ1) is 16.0. The molecule has 1 saturated carbocycles. The molecule has 1 aromatic rings. The normalized spacial score (nSPS) is 26.4. The number of nitriles is 1. The van der Waals surface area contributed by atoms with E-state index in [2.05, 4.69) is 26.8 Å². The molecule has 2 heteroatoms. The first-order valence-corrected chi connectivity index (χ1v) is 7.92. The summed E-state index contributed by atoms with van der Waals surface area (Å²) in [6.07, 6.45) is 4.92. The van der Waals surface area contributed by atoms with Crippen LogP contribution in [0, 0.1) is 40.8 Å². The molecule has 0 amide bonds. The molecular formula is C19H26FN. The third kappa shape index (κ3) is 3.64. The third-order valence-electron chi connectivity index (χ3n) is 5.24. The Morgan fingerprint density at radius 3 is 2.38 bits per heavy atom. The Hall–Kier alpha value is -1.36. The maximum atomic E-state index is 13.2. The van der Waals surface area contributed by atoms with Crippen LogP contribution in [-0.4, -0.2) is 0 Å². The summed E-state index contributed by atoms with van der Waals surface area (Å²) >= 11 is 0. The predicted octanol–water partition coefficient (Wildman–Crippen LogP) is 5.42. The Morgan fingerprint density at radius 1 is 1.29 bits per heavy atom. The van der Waals surface area contributed by atoms with E-state index in [0.717, 1.165) is 43.2 Å². The lowest BCUT2D eigenvalue weighted by atomic mass is 9.63. The van der Waals surface area contributed by atoms with Crippen LogP contribution in [0.2, 0.25) is 0 Å². The molecule has 0 saturated heterocycles. The van der Waals surface area contributed by atoms with Crippen LogP contribution >= 0.6 is 0 Å². The van der Waals surface area contributed by atoms with Gasteiger partial charge in [-0.25, -0.2) is 4.39 Å². The molecule has 0 N–H and O–H groups in total. The Labute approximate surface area is 128 Å². The Bertz CT molecular complexity index is 540. The van der Waals surface area contributed by atoms with E-state index in [1.54, 1.807) is 6.07 Å². The van der Waals surface area contributed by atoms with Crippen molar-refractivity contribution in [1.29, 1.82) is 5.26 Å². The van der Waals surface area contributed by atoms with E-state index in [-0.39, 0.29) is 11.2 Å². The van der Waals surface area contributed by atoms with Gasteiger partial charge in [0.2, 0.25) is 0 Å². The summed E-state index contributed by atoms with van der Waals surface area (Å²) in [6.45, 7) is 8.81. The zero-order valence-electron chi connectivity index (χ0n) is 13.7. The van der Waals surface area contributed by atoms with Crippen molar-refractivity contribution in [3.8, 4) is 6.07 Å². The molecule has 0 aromatic heterocycles. The maximum Gasteiger partial charge on any atom is 0.123 e. The van der Waals surface area contributed by atoms with Crippen molar-refractivity contribution < 1.29 is 4.39 Å². The van der Waals surface area contributed by atoms with Crippen LogP contribution in [0.15, 0.2) is 18.2 Å². The van der Waals surface area contributed by atoms with Crippen LogP contribution in [0.4, 0.5) is 4.39 Å². The van der Waals surface area contributed by atoms with Crippen LogP contribution in [0.25, 0.3) is 0 Å². The fourth-order valence-electron chi connectivity index (χ4n) is 3.59. The summed E-state index contributed by atoms with van der Waals surface area (Å²) in [5, 5.41) is 9.71. The molecule has 1 nitrogen and oxygen atoms in total. The van der Waals surface area contributed by atoms with Crippen LogP contribution in [-0.2, 0) is 6.42 Å². The van der Waals surface area contributed by atoms with E-state index in [1.807, 2.05) is 13.0 Å². The lowest BCUT2D eigenvalue weighted by molar-refractivity contribution is 0.120. The minimum absolute atomic E-state index is 0.196. The van der Waals surface area contributed by atoms with E-state index in [0.29, 0.717) is 11.3 Å². The fourth-order valence-corrected chi connectivity index (χ4v) is 3.59. The maximum absolute atomic E-state index is 13.2. The topological polar surface area (TPSA) is 23.8 Å². The molecule has 21 heavy (non-hydrogen) atoms. The zero-order chi connectivity index (χ0) is 15.7.